The molecule has 0 bridgehead atoms. The van der Waals surface area contributed by atoms with Gasteiger partial charge < -0.3 is 14.5 Å². The summed E-state index contributed by atoms with van der Waals surface area (Å²) in [6, 6.07) is 0.383. The lowest BCUT2D eigenvalue weighted by atomic mass is 10.1. The zero-order chi connectivity index (χ0) is 14.7. The molecule has 0 spiro atoms. The van der Waals surface area contributed by atoms with Gasteiger partial charge in [-0.25, -0.2) is 0 Å². The largest absolute Gasteiger partial charge is 0.469 e. The van der Waals surface area contributed by atoms with Crippen molar-refractivity contribution >= 4 is 14.3 Å². The molecule has 0 aromatic heterocycles. The molecule has 1 heterocycles. The molecule has 0 aliphatic carbocycles. The van der Waals surface area contributed by atoms with Crippen LogP contribution in [-0.2, 0) is 14.0 Å². The third kappa shape index (κ3) is 4.89. The van der Waals surface area contributed by atoms with Crippen molar-refractivity contribution in [1.82, 2.24) is 5.32 Å². The van der Waals surface area contributed by atoms with Crippen molar-refractivity contribution in [3.05, 3.63) is 0 Å². The Morgan fingerprint density at radius 1 is 1.37 bits per heavy atom. The number of methoxy groups -OCH3 is 1. The summed E-state index contributed by atoms with van der Waals surface area (Å²) in [6.45, 7) is 12.3. The summed E-state index contributed by atoms with van der Waals surface area (Å²) in [4.78, 5) is 11.1. The summed E-state index contributed by atoms with van der Waals surface area (Å²) in [7, 11) is -0.245. The smallest absolute Gasteiger partial charge is 0.305 e. The maximum absolute atomic E-state index is 11.1. The van der Waals surface area contributed by atoms with Crippen LogP contribution in [0.3, 0.4) is 0 Å². The average molecular weight is 287 g/mol. The fraction of sp³-hybridized carbons (Fsp3) is 0.929. The molecule has 0 aromatic carbocycles. The van der Waals surface area contributed by atoms with Crippen molar-refractivity contribution in [2.75, 3.05) is 13.7 Å². The Bertz CT molecular complexity index is 312. The molecule has 0 aromatic rings. The van der Waals surface area contributed by atoms with E-state index in [-0.39, 0.29) is 11.0 Å². The van der Waals surface area contributed by atoms with Gasteiger partial charge in [-0.3, -0.25) is 4.79 Å². The Labute approximate surface area is 118 Å². The van der Waals surface area contributed by atoms with E-state index in [0.717, 1.165) is 19.4 Å². The van der Waals surface area contributed by atoms with Crippen LogP contribution in [0.2, 0.25) is 18.1 Å². The third-order valence-corrected chi connectivity index (χ3v) is 8.91. The highest BCUT2D eigenvalue weighted by Crippen LogP contribution is 2.38. The van der Waals surface area contributed by atoms with E-state index in [0.29, 0.717) is 18.6 Å². The maximum atomic E-state index is 11.1. The van der Waals surface area contributed by atoms with E-state index in [1.165, 1.54) is 7.11 Å². The zero-order valence-corrected chi connectivity index (χ0v) is 14.2. The Balaban J connectivity index is 2.38. The van der Waals surface area contributed by atoms with Crippen LogP contribution < -0.4 is 5.32 Å². The summed E-state index contributed by atoms with van der Waals surface area (Å²) < 4.78 is 11.1. The van der Waals surface area contributed by atoms with E-state index in [1.54, 1.807) is 0 Å². The van der Waals surface area contributed by atoms with E-state index in [2.05, 4.69) is 43.9 Å². The van der Waals surface area contributed by atoms with Gasteiger partial charge in [0.15, 0.2) is 8.32 Å². The summed E-state index contributed by atoms with van der Waals surface area (Å²) in [6.07, 6.45) is 2.62. The molecule has 1 fully saturated rings. The van der Waals surface area contributed by atoms with Crippen molar-refractivity contribution in [1.29, 1.82) is 0 Å². The maximum Gasteiger partial charge on any atom is 0.305 e. The molecular weight excluding hydrogens is 258 g/mol. The molecule has 0 unspecified atom stereocenters. The standard InChI is InChI=1S/C14H29NO3Si/c1-14(2,3)19(5,6)18-12-9-11(15-10-12)7-8-13(16)17-4/h11-12,15H,7-10H2,1-6H3/t11-,12-/m1/s1. The first-order chi connectivity index (χ1) is 8.65. The lowest BCUT2D eigenvalue weighted by Crippen LogP contribution is -2.44. The third-order valence-electron chi connectivity index (χ3n) is 4.37. The topological polar surface area (TPSA) is 47.6 Å². The van der Waals surface area contributed by atoms with E-state index < -0.39 is 8.32 Å². The first-order valence-corrected chi connectivity index (χ1v) is 10.0. The van der Waals surface area contributed by atoms with E-state index in [4.69, 9.17) is 4.43 Å². The Hall–Kier alpha value is -0.393. The lowest BCUT2D eigenvalue weighted by Gasteiger charge is -2.38. The molecule has 5 heteroatoms. The molecule has 4 nitrogen and oxygen atoms in total. The van der Waals surface area contributed by atoms with E-state index in [1.807, 2.05) is 0 Å². The van der Waals surface area contributed by atoms with Crippen molar-refractivity contribution < 1.29 is 14.0 Å². The van der Waals surface area contributed by atoms with Crippen molar-refractivity contribution in [3.8, 4) is 0 Å². The van der Waals surface area contributed by atoms with Crippen LogP contribution in [0.25, 0.3) is 0 Å². The summed E-state index contributed by atoms with van der Waals surface area (Å²) in [5.74, 6) is -0.129. The van der Waals surface area contributed by atoms with Gasteiger partial charge in [0.2, 0.25) is 0 Å². The predicted octanol–water partition coefficient (Wildman–Crippen LogP) is 2.69. The molecule has 1 aliphatic rings. The second-order valence-corrected chi connectivity index (χ2v) is 11.7. The van der Waals surface area contributed by atoms with Crippen LogP contribution in [0.1, 0.15) is 40.0 Å². The van der Waals surface area contributed by atoms with Gasteiger partial charge in [0.05, 0.1) is 13.2 Å². The molecule has 0 amide bonds. The molecule has 0 saturated carbocycles. The molecule has 2 atom stereocenters. The number of hydrogen-bond acceptors (Lipinski definition) is 4. The molecule has 1 N–H and O–H groups in total. The van der Waals surface area contributed by atoms with Crippen molar-refractivity contribution in [2.45, 2.75) is 70.3 Å². The molecule has 112 valence electrons. The molecule has 1 rings (SSSR count). The summed E-state index contributed by atoms with van der Waals surface area (Å²) in [5, 5.41) is 3.70. The number of carbonyl (C=O) groups is 1. The number of hydrogen-bond donors (Lipinski definition) is 1. The van der Waals surface area contributed by atoms with Crippen LogP contribution >= 0.6 is 0 Å². The normalized spacial score (nSPS) is 24.5. The van der Waals surface area contributed by atoms with Crippen molar-refractivity contribution in [3.63, 3.8) is 0 Å². The quantitative estimate of drug-likeness (QED) is 0.624. The molecule has 19 heavy (non-hydrogen) atoms. The highest BCUT2D eigenvalue weighted by molar-refractivity contribution is 6.74. The average Bonchev–Trinajstić information content (AvgIpc) is 2.71. The zero-order valence-electron chi connectivity index (χ0n) is 13.2. The first kappa shape index (κ1) is 16.7. The minimum absolute atomic E-state index is 0.129. The number of carbonyl (C=O) groups excluding carboxylic acids is 1. The van der Waals surface area contributed by atoms with Crippen LogP contribution in [0.15, 0.2) is 0 Å². The van der Waals surface area contributed by atoms with Gasteiger partial charge >= 0.3 is 5.97 Å². The second-order valence-electron chi connectivity index (χ2n) is 6.96. The van der Waals surface area contributed by atoms with Crippen LogP contribution in [0.5, 0.6) is 0 Å². The monoisotopic (exact) mass is 287 g/mol. The highest BCUT2D eigenvalue weighted by atomic mass is 28.4. The SMILES string of the molecule is COC(=O)CC[C@@H]1C[C@@H](O[Si](C)(C)C(C)(C)C)CN1. The Morgan fingerprint density at radius 3 is 2.53 bits per heavy atom. The Morgan fingerprint density at radius 2 is 2.00 bits per heavy atom. The minimum Gasteiger partial charge on any atom is -0.469 e. The van der Waals surface area contributed by atoms with E-state index in [9.17, 15) is 4.79 Å². The number of esters is 1. The van der Waals surface area contributed by atoms with Gasteiger partial charge in [-0.1, -0.05) is 20.8 Å². The fourth-order valence-electron chi connectivity index (χ4n) is 2.08. The molecular formula is C14H29NO3Si. The number of nitrogens with one attached hydrogen (secondary N) is 1. The molecule has 1 aliphatic heterocycles. The lowest BCUT2D eigenvalue weighted by molar-refractivity contribution is -0.140. The molecule has 1 saturated heterocycles. The molecule has 0 radical (unpaired) electrons. The second kappa shape index (κ2) is 6.37. The minimum atomic E-state index is -1.68. The Kier molecular flexibility index (Phi) is 5.59. The first-order valence-electron chi connectivity index (χ1n) is 7.14. The number of rotatable bonds is 5. The number of ether oxygens (including phenoxy) is 1. The van der Waals surface area contributed by atoms with Crippen molar-refractivity contribution in [2.24, 2.45) is 0 Å². The predicted molar refractivity (Wildman–Crippen MR) is 79.7 cm³/mol. The van der Waals surface area contributed by atoms with Gasteiger partial charge in [0.1, 0.15) is 0 Å². The van der Waals surface area contributed by atoms with Gasteiger partial charge in [-0.05, 0) is 31.0 Å². The van der Waals surface area contributed by atoms with Gasteiger partial charge in [-0.15, -0.1) is 0 Å². The summed E-state index contributed by atoms with van der Waals surface area (Å²) >= 11 is 0. The van der Waals surface area contributed by atoms with E-state index >= 15 is 0 Å². The van der Waals surface area contributed by atoms with Crippen LogP contribution in [-0.4, -0.2) is 40.1 Å². The van der Waals surface area contributed by atoms with Crippen LogP contribution in [0.4, 0.5) is 0 Å². The van der Waals surface area contributed by atoms with Gasteiger partial charge in [0, 0.05) is 19.0 Å². The fourth-order valence-corrected chi connectivity index (χ4v) is 3.45. The van der Waals surface area contributed by atoms with Crippen LogP contribution in [0, 0.1) is 0 Å². The van der Waals surface area contributed by atoms with Gasteiger partial charge in [-0.2, -0.15) is 0 Å². The van der Waals surface area contributed by atoms with Gasteiger partial charge in [0.25, 0.3) is 0 Å². The summed E-state index contributed by atoms with van der Waals surface area (Å²) in [5.41, 5.74) is 0. The highest BCUT2D eigenvalue weighted by Gasteiger charge is 2.40.